The van der Waals surface area contributed by atoms with E-state index in [1.807, 2.05) is 6.92 Å². The van der Waals surface area contributed by atoms with Crippen LogP contribution in [0.25, 0.3) is 0 Å². The van der Waals surface area contributed by atoms with E-state index in [-0.39, 0.29) is 6.42 Å². The first-order valence-corrected chi connectivity index (χ1v) is 4.12. The van der Waals surface area contributed by atoms with E-state index in [1.54, 1.807) is 0 Å². The van der Waals surface area contributed by atoms with E-state index in [2.05, 4.69) is 4.74 Å². The molecule has 0 aromatic heterocycles. The molecule has 0 saturated carbocycles. The molecular formula is C8H13NO3. The summed E-state index contributed by atoms with van der Waals surface area (Å²) in [5, 5.41) is 0. The maximum atomic E-state index is 11.1. The number of hydrogen-bond donors (Lipinski definition) is 1. The molecule has 0 unspecified atom stereocenters. The molecule has 1 rings (SSSR count). The van der Waals surface area contributed by atoms with Gasteiger partial charge < -0.3 is 10.5 Å². The lowest BCUT2D eigenvalue weighted by molar-refractivity contribution is -0.169. The lowest BCUT2D eigenvalue weighted by Gasteiger charge is -2.29. The predicted octanol–water partition coefficient (Wildman–Crippen LogP) is 0.348. The van der Waals surface area contributed by atoms with Gasteiger partial charge in [-0.25, -0.2) is 4.79 Å². The van der Waals surface area contributed by atoms with Gasteiger partial charge in [0.25, 0.3) is 0 Å². The predicted molar refractivity (Wildman–Crippen MR) is 42.2 cm³/mol. The van der Waals surface area contributed by atoms with Crippen molar-refractivity contribution in [1.82, 2.24) is 0 Å². The van der Waals surface area contributed by atoms with Gasteiger partial charge in [-0.1, -0.05) is 13.3 Å². The van der Waals surface area contributed by atoms with Gasteiger partial charge in [0.15, 0.2) is 0 Å². The third-order valence-corrected chi connectivity index (χ3v) is 2.08. The first-order chi connectivity index (χ1) is 5.58. The Morgan fingerprint density at radius 1 is 1.58 bits per heavy atom. The second-order valence-corrected chi connectivity index (χ2v) is 3.17. The number of carbonyl (C=O) groups is 2. The van der Waals surface area contributed by atoms with Crippen molar-refractivity contribution in [2.75, 3.05) is 0 Å². The maximum Gasteiger partial charge on any atom is 0.333 e. The normalized spacial score (nSPS) is 30.2. The second-order valence-electron chi connectivity index (χ2n) is 3.17. The van der Waals surface area contributed by atoms with Gasteiger partial charge in [0.05, 0.1) is 0 Å². The smallest absolute Gasteiger partial charge is 0.333 e. The summed E-state index contributed by atoms with van der Waals surface area (Å²) in [7, 11) is 0. The molecule has 0 spiro atoms. The van der Waals surface area contributed by atoms with Crippen LogP contribution in [-0.2, 0) is 14.3 Å². The average molecular weight is 171 g/mol. The standard InChI is InChI=1S/C8H13NO3/c1-2-4-8(9)5-3-6(10)12-7(8)11/h2-5,9H2,1H3/t8-/m0/s1. The number of carbonyl (C=O) groups excluding carboxylic acids is 2. The van der Waals surface area contributed by atoms with Crippen LogP contribution in [0.1, 0.15) is 32.6 Å². The van der Waals surface area contributed by atoms with E-state index < -0.39 is 17.5 Å². The van der Waals surface area contributed by atoms with Crippen LogP contribution in [0.15, 0.2) is 0 Å². The van der Waals surface area contributed by atoms with Crippen molar-refractivity contribution in [3.8, 4) is 0 Å². The van der Waals surface area contributed by atoms with E-state index in [1.165, 1.54) is 0 Å². The first-order valence-electron chi connectivity index (χ1n) is 4.12. The quantitative estimate of drug-likeness (QED) is 0.480. The van der Waals surface area contributed by atoms with E-state index in [0.717, 1.165) is 6.42 Å². The Kier molecular flexibility index (Phi) is 2.47. The van der Waals surface area contributed by atoms with Gasteiger partial charge in [-0.3, -0.25) is 4.79 Å². The second kappa shape index (κ2) is 3.23. The summed E-state index contributed by atoms with van der Waals surface area (Å²) >= 11 is 0. The van der Waals surface area contributed by atoms with Crippen molar-refractivity contribution < 1.29 is 14.3 Å². The molecule has 1 atom stereocenters. The number of ether oxygens (including phenoxy) is 1. The molecule has 1 heterocycles. The zero-order valence-corrected chi connectivity index (χ0v) is 7.13. The minimum atomic E-state index is -0.914. The van der Waals surface area contributed by atoms with Crippen LogP contribution in [0.5, 0.6) is 0 Å². The van der Waals surface area contributed by atoms with Crippen LogP contribution in [-0.4, -0.2) is 17.5 Å². The SMILES string of the molecule is CCC[C@]1(N)CCC(=O)OC1=O. The van der Waals surface area contributed by atoms with E-state index >= 15 is 0 Å². The number of cyclic esters (lactones) is 2. The summed E-state index contributed by atoms with van der Waals surface area (Å²) in [6.45, 7) is 1.94. The fourth-order valence-corrected chi connectivity index (χ4v) is 1.36. The third-order valence-electron chi connectivity index (χ3n) is 2.08. The molecule has 1 saturated heterocycles. The van der Waals surface area contributed by atoms with Gasteiger partial charge in [-0.15, -0.1) is 0 Å². The zero-order valence-electron chi connectivity index (χ0n) is 7.13. The van der Waals surface area contributed by atoms with Gasteiger partial charge in [0, 0.05) is 6.42 Å². The first kappa shape index (κ1) is 9.19. The van der Waals surface area contributed by atoms with Crippen LogP contribution in [0.3, 0.4) is 0 Å². The van der Waals surface area contributed by atoms with E-state index in [4.69, 9.17) is 5.73 Å². The molecule has 0 amide bonds. The van der Waals surface area contributed by atoms with Crippen LogP contribution in [0.2, 0.25) is 0 Å². The molecule has 2 N–H and O–H groups in total. The molecule has 0 bridgehead atoms. The zero-order chi connectivity index (χ0) is 9.19. The Bertz CT molecular complexity index is 214. The molecule has 4 heteroatoms. The lowest BCUT2D eigenvalue weighted by atomic mass is 9.88. The highest BCUT2D eigenvalue weighted by atomic mass is 16.6. The Hall–Kier alpha value is -0.900. The Balaban J connectivity index is 2.66. The number of nitrogens with two attached hydrogens (primary N) is 1. The van der Waals surface area contributed by atoms with Crippen LogP contribution in [0.4, 0.5) is 0 Å². The topological polar surface area (TPSA) is 69.4 Å². The largest absolute Gasteiger partial charge is 0.392 e. The maximum absolute atomic E-state index is 11.1. The summed E-state index contributed by atoms with van der Waals surface area (Å²) in [4.78, 5) is 21.8. The molecule has 0 aromatic carbocycles. The molecule has 4 nitrogen and oxygen atoms in total. The molecule has 68 valence electrons. The Labute approximate surface area is 71.1 Å². The molecule has 1 fully saturated rings. The highest BCUT2D eigenvalue weighted by Crippen LogP contribution is 2.23. The Morgan fingerprint density at radius 2 is 2.25 bits per heavy atom. The van der Waals surface area contributed by atoms with Crippen molar-refractivity contribution in [1.29, 1.82) is 0 Å². The van der Waals surface area contributed by atoms with Crippen molar-refractivity contribution in [3.05, 3.63) is 0 Å². The third kappa shape index (κ3) is 1.64. The van der Waals surface area contributed by atoms with Crippen molar-refractivity contribution in [3.63, 3.8) is 0 Å². The van der Waals surface area contributed by atoms with Crippen molar-refractivity contribution >= 4 is 11.9 Å². The molecule has 0 aromatic rings. The van der Waals surface area contributed by atoms with Gasteiger partial charge in [0.1, 0.15) is 5.54 Å². The monoisotopic (exact) mass is 171 g/mol. The highest BCUT2D eigenvalue weighted by Gasteiger charge is 2.40. The van der Waals surface area contributed by atoms with Crippen LogP contribution in [0, 0.1) is 0 Å². The van der Waals surface area contributed by atoms with Gasteiger partial charge in [0.2, 0.25) is 0 Å². The van der Waals surface area contributed by atoms with Crippen molar-refractivity contribution in [2.24, 2.45) is 5.73 Å². The lowest BCUT2D eigenvalue weighted by Crippen LogP contribution is -2.52. The molecule has 1 aliphatic heterocycles. The molecule has 0 radical (unpaired) electrons. The van der Waals surface area contributed by atoms with Gasteiger partial charge in [-0.05, 0) is 12.8 Å². The number of rotatable bonds is 2. The van der Waals surface area contributed by atoms with Crippen molar-refractivity contribution in [2.45, 2.75) is 38.1 Å². The highest BCUT2D eigenvalue weighted by molar-refractivity contribution is 5.93. The van der Waals surface area contributed by atoms with E-state index in [0.29, 0.717) is 12.8 Å². The summed E-state index contributed by atoms with van der Waals surface area (Å²) in [6, 6.07) is 0. The molecular weight excluding hydrogens is 158 g/mol. The van der Waals surface area contributed by atoms with Crippen LogP contribution < -0.4 is 5.73 Å². The average Bonchev–Trinajstić information content (AvgIpc) is 1.99. The number of esters is 2. The van der Waals surface area contributed by atoms with Gasteiger partial charge >= 0.3 is 11.9 Å². The van der Waals surface area contributed by atoms with E-state index in [9.17, 15) is 9.59 Å². The fourth-order valence-electron chi connectivity index (χ4n) is 1.36. The summed E-state index contributed by atoms with van der Waals surface area (Å²) < 4.78 is 4.45. The Morgan fingerprint density at radius 3 is 2.75 bits per heavy atom. The molecule has 1 aliphatic rings. The molecule has 0 aliphatic carbocycles. The summed E-state index contributed by atoms with van der Waals surface area (Å²) in [5.41, 5.74) is 4.83. The minimum absolute atomic E-state index is 0.252. The summed E-state index contributed by atoms with van der Waals surface area (Å²) in [5.74, 6) is -1.03. The fraction of sp³-hybridized carbons (Fsp3) is 0.750. The van der Waals surface area contributed by atoms with Gasteiger partial charge in [-0.2, -0.15) is 0 Å². The van der Waals surface area contributed by atoms with Crippen LogP contribution >= 0.6 is 0 Å². The minimum Gasteiger partial charge on any atom is -0.392 e. The number of hydrogen-bond acceptors (Lipinski definition) is 4. The molecule has 12 heavy (non-hydrogen) atoms. The summed E-state index contributed by atoms with van der Waals surface area (Å²) in [6.07, 6.45) is 2.07.